The first-order valence-electron chi connectivity index (χ1n) is 4.39. The summed E-state index contributed by atoms with van der Waals surface area (Å²) in [6.45, 7) is 0. The summed E-state index contributed by atoms with van der Waals surface area (Å²) in [6, 6.07) is 3.78. The van der Waals surface area contributed by atoms with Crippen LogP contribution in [0.2, 0.25) is 0 Å². The molecule has 0 radical (unpaired) electrons. The van der Waals surface area contributed by atoms with Crippen molar-refractivity contribution in [3.63, 3.8) is 0 Å². The van der Waals surface area contributed by atoms with Crippen molar-refractivity contribution in [2.45, 2.75) is 4.90 Å². The van der Waals surface area contributed by atoms with E-state index in [0.29, 0.717) is 0 Å². The van der Waals surface area contributed by atoms with Crippen LogP contribution < -0.4 is 10.0 Å². The normalized spacial score (nSPS) is 14.8. The molecule has 0 unspecified atom stereocenters. The van der Waals surface area contributed by atoms with E-state index in [9.17, 15) is 18.0 Å². The van der Waals surface area contributed by atoms with Crippen LogP contribution in [-0.4, -0.2) is 27.3 Å². The van der Waals surface area contributed by atoms with Crippen LogP contribution in [-0.2, 0) is 10.0 Å². The zero-order valence-electron chi connectivity index (χ0n) is 8.27. The molecule has 2 N–H and O–H groups in total. The van der Waals surface area contributed by atoms with E-state index in [4.69, 9.17) is 0 Å². The Morgan fingerprint density at radius 3 is 2.38 bits per heavy atom. The van der Waals surface area contributed by atoms with Crippen molar-refractivity contribution in [3.05, 3.63) is 29.3 Å². The Morgan fingerprint density at radius 1 is 1.12 bits per heavy atom. The summed E-state index contributed by atoms with van der Waals surface area (Å²) in [4.78, 5) is 22.5. The van der Waals surface area contributed by atoms with E-state index in [-0.39, 0.29) is 16.0 Å². The lowest BCUT2D eigenvalue weighted by atomic mass is 10.1. The number of hydrogen-bond donors (Lipinski definition) is 2. The number of imide groups is 1. The maximum atomic E-state index is 11.5. The molecule has 84 valence electrons. The summed E-state index contributed by atoms with van der Waals surface area (Å²) < 4.78 is 25.1. The predicted molar refractivity (Wildman–Crippen MR) is 54.5 cm³/mol. The van der Waals surface area contributed by atoms with Gasteiger partial charge in [-0.15, -0.1) is 0 Å². The second-order valence-electron chi connectivity index (χ2n) is 3.20. The second-order valence-corrected chi connectivity index (χ2v) is 5.08. The van der Waals surface area contributed by atoms with Gasteiger partial charge < -0.3 is 0 Å². The standard InChI is InChI=1S/C9H8N2O4S/c1-10-16(14,15)5-2-3-6-7(4-5)9(13)11-8(6)12/h2-4,10H,1H3,(H,11,12,13). The molecular formula is C9H8N2O4S. The second kappa shape index (κ2) is 3.39. The maximum absolute atomic E-state index is 11.5. The average molecular weight is 240 g/mol. The van der Waals surface area contributed by atoms with Gasteiger partial charge in [0.2, 0.25) is 10.0 Å². The van der Waals surface area contributed by atoms with Crippen molar-refractivity contribution in [2.24, 2.45) is 0 Å². The molecule has 16 heavy (non-hydrogen) atoms. The minimum absolute atomic E-state index is 0.0430. The molecule has 1 aromatic rings. The van der Waals surface area contributed by atoms with Crippen LogP contribution in [0.15, 0.2) is 23.1 Å². The predicted octanol–water partition coefficient (Wildman–Crippen LogP) is -0.522. The number of fused-ring (bicyclic) bond motifs is 1. The number of benzene rings is 1. The molecule has 0 bridgehead atoms. The summed E-state index contributed by atoms with van der Waals surface area (Å²) >= 11 is 0. The van der Waals surface area contributed by atoms with E-state index >= 15 is 0 Å². The summed E-state index contributed by atoms with van der Waals surface area (Å²) in [5, 5.41) is 2.09. The highest BCUT2D eigenvalue weighted by molar-refractivity contribution is 7.89. The molecular weight excluding hydrogens is 232 g/mol. The molecule has 7 heteroatoms. The van der Waals surface area contributed by atoms with Crippen LogP contribution in [0.3, 0.4) is 0 Å². The fraction of sp³-hybridized carbons (Fsp3) is 0.111. The zero-order chi connectivity index (χ0) is 11.9. The van der Waals surface area contributed by atoms with Gasteiger partial charge in [0, 0.05) is 0 Å². The Bertz CT molecular complexity index is 592. The Kier molecular flexibility index (Phi) is 2.28. The van der Waals surface area contributed by atoms with Crippen LogP contribution in [0, 0.1) is 0 Å². The van der Waals surface area contributed by atoms with Gasteiger partial charge in [-0.25, -0.2) is 13.1 Å². The molecule has 0 spiro atoms. The Labute approximate surface area is 91.7 Å². The summed E-state index contributed by atoms with van der Waals surface area (Å²) in [6.07, 6.45) is 0. The van der Waals surface area contributed by atoms with E-state index in [2.05, 4.69) is 10.0 Å². The van der Waals surface area contributed by atoms with Gasteiger partial charge >= 0.3 is 0 Å². The lowest BCUT2D eigenvalue weighted by molar-refractivity contribution is 0.0879. The van der Waals surface area contributed by atoms with Gasteiger partial charge in [0.05, 0.1) is 16.0 Å². The molecule has 0 fully saturated rings. The van der Waals surface area contributed by atoms with Crippen LogP contribution in [0.1, 0.15) is 20.7 Å². The van der Waals surface area contributed by atoms with E-state index in [1.54, 1.807) is 0 Å². The van der Waals surface area contributed by atoms with Crippen molar-refractivity contribution < 1.29 is 18.0 Å². The number of sulfonamides is 1. The topological polar surface area (TPSA) is 92.3 Å². The van der Waals surface area contributed by atoms with Crippen molar-refractivity contribution in [2.75, 3.05) is 7.05 Å². The minimum Gasteiger partial charge on any atom is -0.288 e. The third kappa shape index (κ3) is 1.50. The van der Waals surface area contributed by atoms with Crippen LogP contribution in [0.4, 0.5) is 0 Å². The van der Waals surface area contributed by atoms with Crippen molar-refractivity contribution in [1.29, 1.82) is 0 Å². The maximum Gasteiger partial charge on any atom is 0.258 e. The molecule has 0 aliphatic carbocycles. The fourth-order valence-electron chi connectivity index (χ4n) is 1.43. The third-order valence-electron chi connectivity index (χ3n) is 2.29. The van der Waals surface area contributed by atoms with Gasteiger partial charge in [-0.2, -0.15) is 0 Å². The molecule has 0 aromatic heterocycles. The van der Waals surface area contributed by atoms with E-state index < -0.39 is 21.8 Å². The molecule has 2 rings (SSSR count). The highest BCUT2D eigenvalue weighted by atomic mass is 32.2. The molecule has 2 amide bonds. The molecule has 6 nitrogen and oxygen atoms in total. The van der Waals surface area contributed by atoms with Crippen LogP contribution in [0.5, 0.6) is 0 Å². The number of nitrogens with one attached hydrogen (secondary N) is 2. The van der Waals surface area contributed by atoms with E-state index in [0.717, 1.165) is 0 Å². The van der Waals surface area contributed by atoms with Crippen LogP contribution >= 0.6 is 0 Å². The summed E-state index contributed by atoms with van der Waals surface area (Å²) in [7, 11) is -2.33. The molecule has 0 atom stereocenters. The largest absolute Gasteiger partial charge is 0.288 e. The smallest absolute Gasteiger partial charge is 0.258 e. The van der Waals surface area contributed by atoms with E-state index in [1.165, 1.54) is 25.2 Å². The van der Waals surface area contributed by atoms with Gasteiger partial charge in [0.1, 0.15) is 0 Å². The van der Waals surface area contributed by atoms with Gasteiger partial charge in [0.25, 0.3) is 11.8 Å². The Morgan fingerprint density at radius 2 is 1.75 bits per heavy atom. The third-order valence-corrected chi connectivity index (χ3v) is 3.70. The molecule has 0 saturated heterocycles. The molecule has 0 saturated carbocycles. The van der Waals surface area contributed by atoms with Gasteiger partial charge in [-0.1, -0.05) is 0 Å². The first-order valence-corrected chi connectivity index (χ1v) is 5.87. The quantitative estimate of drug-likeness (QED) is 0.680. The molecule has 1 heterocycles. The monoisotopic (exact) mass is 240 g/mol. The number of rotatable bonds is 2. The summed E-state index contributed by atoms with van der Waals surface area (Å²) in [5.74, 6) is -1.08. The van der Waals surface area contributed by atoms with Gasteiger partial charge in [-0.3, -0.25) is 14.9 Å². The van der Waals surface area contributed by atoms with Crippen LogP contribution in [0.25, 0.3) is 0 Å². The number of hydrogen-bond acceptors (Lipinski definition) is 4. The lowest BCUT2D eigenvalue weighted by Crippen LogP contribution is -2.20. The number of carbonyl (C=O) groups excluding carboxylic acids is 2. The summed E-state index contributed by atoms with van der Waals surface area (Å²) in [5.41, 5.74) is 0.279. The van der Waals surface area contributed by atoms with Crippen molar-refractivity contribution in [1.82, 2.24) is 10.0 Å². The fourth-order valence-corrected chi connectivity index (χ4v) is 2.19. The van der Waals surface area contributed by atoms with E-state index in [1.807, 2.05) is 0 Å². The molecule has 1 aliphatic rings. The first kappa shape index (κ1) is 10.8. The van der Waals surface area contributed by atoms with Crippen molar-refractivity contribution >= 4 is 21.8 Å². The minimum atomic E-state index is -3.60. The Balaban J connectivity index is 2.62. The van der Waals surface area contributed by atoms with Crippen molar-refractivity contribution in [3.8, 4) is 0 Å². The van der Waals surface area contributed by atoms with Gasteiger partial charge in [0.15, 0.2) is 0 Å². The molecule has 1 aromatic carbocycles. The first-order chi connectivity index (χ1) is 7.45. The van der Waals surface area contributed by atoms with Gasteiger partial charge in [-0.05, 0) is 25.2 Å². The Hall–Kier alpha value is -1.73. The highest BCUT2D eigenvalue weighted by Gasteiger charge is 2.28. The highest BCUT2D eigenvalue weighted by Crippen LogP contribution is 2.19. The molecule has 1 aliphatic heterocycles. The lowest BCUT2D eigenvalue weighted by Gasteiger charge is -2.02. The SMILES string of the molecule is CNS(=O)(=O)c1ccc2c(c1)C(=O)NC2=O. The number of amides is 2. The number of carbonyl (C=O) groups is 2. The average Bonchev–Trinajstić information content (AvgIpc) is 2.54. The zero-order valence-corrected chi connectivity index (χ0v) is 9.09.